The second-order valence-corrected chi connectivity index (χ2v) is 8.68. The van der Waals surface area contributed by atoms with Gasteiger partial charge in [-0.2, -0.15) is 0 Å². The molecule has 1 aliphatic rings. The maximum absolute atomic E-state index is 13.0. The molecule has 180 valence electrons. The van der Waals surface area contributed by atoms with Gasteiger partial charge >= 0.3 is 0 Å². The van der Waals surface area contributed by atoms with Crippen molar-refractivity contribution in [2.24, 2.45) is 5.73 Å². The lowest BCUT2D eigenvalue weighted by atomic mass is 10.0. The summed E-state index contributed by atoms with van der Waals surface area (Å²) in [4.78, 5) is 38.4. The fourth-order valence-corrected chi connectivity index (χ4v) is 4.11. The molecule has 7 heteroatoms. The number of rotatable bonds is 17. The molecule has 0 aromatic carbocycles. The summed E-state index contributed by atoms with van der Waals surface area (Å²) in [5.74, 6) is -0.687. The number of unbranched alkanes of at least 4 members (excludes halogenated alkanes) is 8. The Morgan fingerprint density at radius 2 is 1.52 bits per heavy atom. The molecular formula is C24H45N3O4. The number of nitrogens with one attached hydrogen (secondary N) is 1. The van der Waals surface area contributed by atoms with Crippen LogP contribution >= 0.6 is 0 Å². The van der Waals surface area contributed by atoms with Crippen LogP contribution in [-0.2, 0) is 19.1 Å². The van der Waals surface area contributed by atoms with E-state index in [0.717, 1.165) is 32.1 Å². The Hall–Kier alpha value is -1.63. The van der Waals surface area contributed by atoms with Crippen molar-refractivity contribution in [2.75, 3.05) is 19.7 Å². The highest BCUT2D eigenvalue weighted by atomic mass is 16.5. The van der Waals surface area contributed by atoms with Gasteiger partial charge in [0.05, 0.1) is 6.10 Å². The zero-order valence-electron chi connectivity index (χ0n) is 19.8. The molecule has 1 aliphatic heterocycles. The van der Waals surface area contributed by atoms with E-state index < -0.39 is 11.9 Å². The molecule has 1 atom stereocenters. The number of carbonyl (C=O) groups is 3. The van der Waals surface area contributed by atoms with Crippen LogP contribution in [0, 0.1) is 0 Å². The zero-order chi connectivity index (χ0) is 22.9. The second-order valence-electron chi connectivity index (χ2n) is 8.68. The summed E-state index contributed by atoms with van der Waals surface area (Å²) in [5, 5.41) is 2.86. The molecule has 31 heavy (non-hydrogen) atoms. The van der Waals surface area contributed by atoms with Crippen molar-refractivity contribution in [3.8, 4) is 0 Å². The monoisotopic (exact) mass is 439 g/mol. The van der Waals surface area contributed by atoms with Gasteiger partial charge in [-0.3, -0.25) is 14.4 Å². The predicted molar refractivity (Wildman–Crippen MR) is 123 cm³/mol. The highest BCUT2D eigenvalue weighted by Gasteiger charge is 2.29. The Morgan fingerprint density at radius 1 is 0.935 bits per heavy atom. The van der Waals surface area contributed by atoms with Crippen LogP contribution in [0.5, 0.6) is 0 Å². The van der Waals surface area contributed by atoms with E-state index in [0.29, 0.717) is 26.1 Å². The van der Waals surface area contributed by atoms with Crippen molar-refractivity contribution in [3.63, 3.8) is 0 Å². The van der Waals surface area contributed by atoms with Gasteiger partial charge in [0.15, 0.2) is 0 Å². The molecule has 7 nitrogen and oxygen atoms in total. The summed E-state index contributed by atoms with van der Waals surface area (Å²) >= 11 is 0. The smallest absolute Gasteiger partial charge is 0.245 e. The van der Waals surface area contributed by atoms with Crippen LogP contribution in [0.25, 0.3) is 0 Å². The number of nitrogens with zero attached hydrogens (tertiary/aromatic N) is 1. The molecule has 1 heterocycles. The highest BCUT2D eigenvalue weighted by molar-refractivity contribution is 5.88. The van der Waals surface area contributed by atoms with Crippen molar-refractivity contribution in [2.45, 2.75) is 116 Å². The average molecular weight is 440 g/mol. The summed E-state index contributed by atoms with van der Waals surface area (Å²) in [5.41, 5.74) is 5.27. The zero-order valence-corrected chi connectivity index (χ0v) is 19.8. The van der Waals surface area contributed by atoms with Crippen molar-refractivity contribution in [1.29, 1.82) is 0 Å². The maximum Gasteiger partial charge on any atom is 0.245 e. The number of hydrogen-bond acceptors (Lipinski definition) is 4. The minimum absolute atomic E-state index is 0.0874. The first-order valence-electron chi connectivity index (χ1n) is 12.5. The maximum atomic E-state index is 13.0. The second kappa shape index (κ2) is 17.0. The van der Waals surface area contributed by atoms with E-state index in [1.165, 1.54) is 38.5 Å². The van der Waals surface area contributed by atoms with E-state index in [1.807, 2.05) is 6.92 Å². The minimum Gasteiger partial charge on any atom is -0.378 e. The Balaban J connectivity index is 2.35. The van der Waals surface area contributed by atoms with Crippen LogP contribution in [-0.4, -0.2) is 54.5 Å². The molecule has 0 bridgehead atoms. The quantitative estimate of drug-likeness (QED) is 0.337. The number of likely N-dealkylation sites (tertiary alicyclic amines) is 1. The van der Waals surface area contributed by atoms with Crippen molar-refractivity contribution in [3.05, 3.63) is 0 Å². The highest BCUT2D eigenvalue weighted by Crippen LogP contribution is 2.16. The normalized spacial score (nSPS) is 15.6. The Labute approximate surface area is 188 Å². The van der Waals surface area contributed by atoms with Crippen LogP contribution < -0.4 is 11.1 Å². The Morgan fingerprint density at radius 3 is 2.06 bits per heavy atom. The lowest BCUT2D eigenvalue weighted by Gasteiger charge is -2.34. The first-order valence-corrected chi connectivity index (χ1v) is 12.5. The molecule has 0 aromatic rings. The molecule has 0 unspecified atom stereocenters. The topological polar surface area (TPSA) is 102 Å². The first-order chi connectivity index (χ1) is 15.0. The summed E-state index contributed by atoms with van der Waals surface area (Å²) in [6, 6.07) is -0.679. The molecule has 3 N–H and O–H groups in total. The molecule has 3 amide bonds. The number of carbonyl (C=O) groups excluding carboxylic acids is 3. The number of amides is 3. The molecule has 0 saturated carbocycles. The third-order valence-corrected chi connectivity index (χ3v) is 5.98. The van der Waals surface area contributed by atoms with Gasteiger partial charge in [0.1, 0.15) is 6.04 Å². The predicted octanol–water partition coefficient (Wildman–Crippen LogP) is 3.69. The van der Waals surface area contributed by atoms with Gasteiger partial charge in [-0.1, -0.05) is 58.3 Å². The van der Waals surface area contributed by atoms with Crippen molar-refractivity contribution >= 4 is 17.7 Å². The van der Waals surface area contributed by atoms with E-state index in [9.17, 15) is 14.4 Å². The lowest BCUT2D eigenvalue weighted by Crippen LogP contribution is -2.51. The van der Waals surface area contributed by atoms with Crippen LogP contribution in [0.4, 0.5) is 0 Å². The molecule has 0 aromatic heterocycles. The lowest BCUT2D eigenvalue weighted by molar-refractivity contribution is -0.139. The number of ether oxygens (including phenoxy) is 1. The van der Waals surface area contributed by atoms with Gasteiger partial charge in [-0.05, 0) is 32.6 Å². The molecule has 1 rings (SSSR count). The van der Waals surface area contributed by atoms with Gasteiger partial charge in [-0.15, -0.1) is 0 Å². The summed E-state index contributed by atoms with van der Waals surface area (Å²) in [6.07, 6.45) is 13.3. The fourth-order valence-electron chi connectivity index (χ4n) is 4.11. The first kappa shape index (κ1) is 27.4. The third kappa shape index (κ3) is 12.7. The van der Waals surface area contributed by atoms with Crippen molar-refractivity contribution in [1.82, 2.24) is 10.2 Å². The van der Waals surface area contributed by atoms with Gasteiger partial charge in [0, 0.05) is 32.5 Å². The van der Waals surface area contributed by atoms with E-state index in [-0.39, 0.29) is 30.8 Å². The largest absolute Gasteiger partial charge is 0.378 e. The standard InChI is InChI=1S/C24H45N3O4/c1-3-5-6-7-8-9-10-11-12-13-23(29)26-21(14-15-22(25)28)24(30)27-18-16-20(17-19-27)31-4-2/h20-21H,3-19H2,1-2H3,(H2,25,28)(H,26,29)/t21-/m1/s1. The number of piperidine rings is 1. The van der Waals surface area contributed by atoms with E-state index in [4.69, 9.17) is 10.5 Å². The van der Waals surface area contributed by atoms with Crippen LogP contribution in [0.1, 0.15) is 104 Å². The molecule has 0 radical (unpaired) electrons. The van der Waals surface area contributed by atoms with Gasteiger partial charge in [0.25, 0.3) is 0 Å². The minimum atomic E-state index is -0.679. The van der Waals surface area contributed by atoms with Crippen molar-refractivity contribution < 1.29 is 19.1 Å². The van der Waals surface area contributed by atoms with Crippen LogP contribution in [0.3, 0.4) is 0 Å². The van der Waals surface area contributed by atoms with Gasteiger partial charge < -0.3 is 20.7 Å². The summed E-state index contributed by atoms with van der Waals surface area (Å²) < 4.78 is 5.64. The van der Waals surface area contributed by atoms with E-state index in [2.05, 4.69) is 12.2 Å². The van der Waals surface area contributed by atoms with E-state index >= 15 is 0 Å². The average Bonchev–Trinajstić information content (AvgIpc) is 2.75. The molecule has 0 aliphatic carbocycles. The Kier molecular flexibility index (Phi) is 15.0. The number of hydrogen-bond donors (Lipinski definition) is 2. The molecular weight excluding hydrogens is 394 g/mol. The number of nitrogens with two attached hydrogens (primary N) is 1. The van der Waals surface area contributed by atoms with E-state index in [1.54, 1.807) is 4.90 Å². The Bertz CT molecular complexity index is 519. The molecule has 1 saturated heterocycles. The fraction of sp³-hybridized carbons (Fsp3) is 0.875. The summed E-state index contributed by atoms with van der Waals surface area (Å²) in [7, 11) is 0. The van der Waals surface area contributed by atoms with Crippen LogP contribution in [0.15, 0.2) is 0 Å². The summed E-state index contributed by atoms with van der Waals surface area (Å²) in [6.45, 7) is 6.10. The molecule has 1 fully saturated rings. The number of primary amides is 1. The van der Waals surface area contributed by atoms with Crippen LogP contribution in [0.2, 0.25) is 0 Å². The SMILES string of the molecule is CCCCCCCCCCCC(=O)N[C@H](CCC(N)=O)C(=O)N1CCC(OCC)CC1. The van der Waals surface area contributed by atoms with Gasteiger partial charge in [0.2, 0.25) is 17.7 Å². The third-order valence-electron chi connectivity index (χ3n) is 5.98. The molecule has 0 spiro atoms. The van der Waals surface area contributed by atoms with Gasteiger partial charge in [-0.25, -0.2) is 0 Å².